The third-order valence-electron chi connectivity index (χ3n) is 4.35. The molecule has 0 aromatic heterocycles. The molecule has 0 spiro atoms. The average Bonchev–Trinajstić information content (AvgIpc) is 3.11. The lowest BCUT2D eigenvalue weighted by Gasteiger charge is -2.17. The molecule has 4 rings (SSSR count). The number of nitrogens with one attached hydrogen (secondary N) is 2. The molecule has 0 fully saturated rings. The van der Waals surface area contributed by atoms with E-state index in [0.717, 1.165) is 18.2 Å². The predicted octanol–water partition coefficient (Wildman–Crippen LogP) is 2.74. The summed E-state index contributed by atoms with van der Waals surface area (Å²) in [4.78, 5) is 33.5. The van der Waals surface area contributed by atoms with Gasteiger partial charge in [0, 0.05) is 41.0 Å². The van der Waals surface area contributed by atoms with E-state index < -0.39 is 29.4 Å². The Kier molecular flexibility index (Phi) is 4.52. The molecular formula is C20H14F2N4O2. The normalized spacial score (nSPS) is 19.6. The van der Waals surface area contributed by atoms with Gasteiger partial charge in [-0.15, -0.1) is 0 Å². The monoisotopic (exact) mass is 380 g/mol. The molecular weight excluding hydrogens is 366 g/mol. The lowest BCUT2D eigenvalue weighted by molar-refractivity contribution is 0.101. The Hall–Kier alpha value is -3.68. The molecule has 28 heavy (non-hydrogen) atoms. The van der Waals surface area contributed by atoms with Crippen molar-refractivity contribution in [2.45, 2.75) is 12.2 Å². The summed E-state index contributed by atoms with van der Waals surface area (Å²) in [5.74, 6) is -2.28. The highest BCUT2D eigenvalue weighted by atomic mass is 19.1. The summed E-state index contributed by atoms with van der Waals surface area (Å²) in [7, 11) is 0. The predicted molar refractivity (Wildman–Crippen MR) is 101 cm³/mol. The summed E-state index contributed by atoms with van der Waals surface area (Å²) in [6.07, 6.45) is 4.21. The molecule has 2 unspecified atom stereocenters. The highest BCUT2D eigenvalue weighted by Gasteiger charge is 2.34. The van der Waals surface area contributed by atoms with E-state index >= 15 is 0 Å². The highest BCUT2D eigenvalue weighted by molar-refractivity contribution is 6.17. The maximum absolute atomic E-state index is 14.1. The number of amides is 1. The zero-order valence-corrected chi connectivity index (χ0v) is 14.4. The number of nitrogens with zero attached hydrogens (tertiary/aromatic N) is 2. The molecule has 0 aliphatic carbocycles. The number of benzene rings is 2. The number of fused-ring (bicyclic) bond motifs is 1. The van der Waals surface area contributed by atoms with Gasteiger partial charge in [-0.05, 0) is 36.4 Å². The molecule has 2 aliphatic rings. The minimum Gasteiger partial charge on any atom is -0.367 e. The molecule has 2 atom stereocenters. The van der Waals surface area contributed by atoms with E-state index in [1.54, 1.807) is 0 Å². The van der Waals surface area contributed by atoms with Crippen LogP contribution in [0.5, 0.6) is 0 Å². The van der Waals surface area contributed by atoms with Gasteiger partial charge < -0.3 is 10.6 Å². The quantitative estimate of drug-likeness (QED) is 0.800. The van der Waals surface area contributed by atoms with Gasteiger partial charge in [0.25, 0.3) is 5.91 Å². The number of Topliss-reactive ketones (excluding diaryl/α,β-unsaturated/α-hetero) is 1. The first-order chi connectivity index (χ1) is 13.5. The lowest BCUT2D eigenvalue weighted by atomic mass is 9.98. The molecule has 2 N–H and O–H groups in total. The number of rotatable bonds is 4. The zero-order valence-electron chi connectivity index (χ0n) is 14.4. The minimum absolute atomic E-state index is 0.0630. The number of anilines is 1. The zero-order chi connectivity index (χ0) is 19.7. The van der Waals surface area contributed by atoms with Crippen molar-refractivity contribution in [3.63, 3.8) is 0 Å². The van der Waals surface area contributed by atoms with Crippen LogP contribution in [0.1, 0.15) is 20.7 Å². The van der Waals surface area contributed by atoms with Crippen molar-refractivity contribution in [2.24, 2.45) is 9.98 Å². The molecule has 0 bridgehead atoms. The van der Waals surface area contributed by atoms with Gasteiger partial charge in [-0.25, -0.2) is 8.78 Å². The number of hydrogen-bond donors (Lipinski definition) is 2. The Morgan fingerprint density at radius 2 is 1.75 bits per heavy atom. The first-order valence-corrected chi connectivity index (χ1v) is 8.44. The maximum atomic E-state index is 14.1. The van der Waals surface area contributed by atoms with Gasteiger partial charge in [-0.2, -0.15) is 0 Å². The van der Waals surface area contributed by atoms with Crippen molar-refractivity contribution in [3.8, 4) is 0 Å². The summed E-state index contributed by atoms with van der Waals surface area (Å²) in [5, 5.41) is 5.44. The molecule has 6 nitrogen and oxygen atoms in total. The molecule has 8 heteroatoms. The smallest absolute Gasteiger partial charge is 0.255 e. The molecule has 0 saturated heterocycles. The molecule has 2 aromatic rings. The lowest BCUT2D eigenvalue weighted by Crippen LogP contribution is -2.32. The van der Waals surface area contributed by atoms with Crippen molar-refractivity contribution in [3.05, 3.63) is 77.0 Å². The van der Waals surface area contributed by atoms with Gasteiger partial charge in [0.2, 0.25) is 0 Å². The van der Waals surface area contributed by atoms with Crippen LogP contribution < -0.4 is 10.6 Å². The number of halogens is 2. The van der Waals surface area contributed by atoms with Crippen LogP contribution in [0.25, 0.3) is 0 Å². The van der Waals surface area contributed by atoms with Gasteiger partial charge in [0.05, 0.1) is 0 Å². The summed E-state index contributed by atoms with van der Waals surface area (Å²) < 4.78 is 27.4. The fourth-order valence-electron chi connectivity index (χ4n) is 3.06. The van der Waals surface area contributed by atoms with Crippen molar-refractivity contribution < 1.29 is 18.4 Å². The van der Waals surface area contributed by atoms with Crippen LogP contribution in [-0.2, 0) is 0 Å². The van der Waals surface area contributed by atoms with Gasteiger partial charge in [-0.1, -0.05) is 6.07 Å². The van der Waals surface area contributed by atoms with E-state index in [9.17, 15) is 18.4 Å². The van der Waals surface area contributed by atoms with Gasteiger partial charge in [0.15, 0.2) is 5.78 Å². The summed E-state index contributed by atoms with van der Waals surface area (Å²) in [6.45, 7) is 0. The number of ketones is 1. The van der Waals surface area contributed by atoms with Crippen LogP contribution in [0.15, 0.2) is 64.2 Å². The SMILES string of the molecule is O=C(Nc1cc(F)cc(C(=O)C2=CNC3N=CC=NC23)c1)c1cccc(F)c1. The van der Waals surface area contributed by atoms with Crippen LogP contribution in [0.4, 0.5) is 14.5 Å². The van der Waals surface area contributed by atoms with Gasteiger partial charge in [-0.3, -0.25) is 19.6 Å². The Labute approximate surface area is 158 Å². The maximum Gasteiger partial charge on any atom is 0.255 e. The third kappa shape index (κ3) is 3.44. The summed E-state index contributed by atoms with van der Waals surface area (Å²) in [5.41, 5.74) is 0.585. The molecule has 0 saturated carbocycles. The second-order valence-corrected chi connectivity index (χ2v) is 6.27. The van der Waals surface area contributed by atoms with E-state index in [-0.39, 0.29) is 23.0 Å². The number of aliphatic imine (C=N–C) groups is 2. The number of hydrogen-bond acceptors (Lipinski definition) is 5. The highest BCUT2D eigenvalue weighted by Crippen LogP contribution is 2.25. The second kappa shape index (κ2) is 7.15. The minimum atomic E-state index is -0.686. The fourth-order valence-corrected chi connectivity index (χ4v) is 3.06. The third-order valence-corrected chi connectivity index (χ3v) is 4.35. The topological polar surface area (TPSA) is 82.9 Å². The fraction of sp³-hybridized carbons (Fsp3) is 0.100. The first kappa shape index (κ1) is 17.7. The van der Waals surface area contributed by atoms with E-state index in [1.165, 1.54) is 42.9 Å². The Bertz CT molecular complexity index is 1060. The Morgan fingerprint density at radius 3 is 2.57 bits per heavy atom. The number of carbonyl (C=O) groups is 2. The van der Waals surface area contributed by atoms with Crippen molar-refractivity contribution in [1.82, 2.24) is 5.32 Å². The van der Waals surface area contributed by atoms with Crippen LogP contribution in [-0.4, -0.2) is 36.3 Å². The number of carbonyl (C=O) groups excluding carboxylic acids is 2. The first-order valence-electron chi connectivity index (χ1n) is 8.44. The molecule has 2 aliphatic heterocycles. The molecule has 1 amide bonds. The largest absolute Gasteiger partial charge is 0.367 e. The van der Waals surface area contributed by atoms with Crippen LogP contribution in [0, 0.1) is 11.6 Å². The second-order valence-electron chi connectivity index (χ2n) is 6.27. The van der Waals surface area contributed by atoms with Gasteiger partial charge >= 0.3 is 0 Å². The van der Waals surface area contributed by atoms with Crippen LogP contribution in [0.2, 0.25) is 0 Å². The molecule has 0 radical (unpaired) electrons. The van der Waals surface area contributed by atoms with E-state index in [2.05, 4.69) is 20.6 Å². The van der Waals surface area contributed by atoms with Crippen molar-refractivity contribution in [2.75, 3.05) is 5.32 Å². The molecule has 2 aromatic carbocycles. The van der Waals surface area contributed by atoms with Crippen LogP contribution >= 0.6 is 0 Å². The standard InChI is InChI=1S/C20H14F2N4O2/c21-13-3-1-2-11(6-13)20(28)26-15-8-12(7-14(22)9-15)18(27)16-10-25-19-17(16)23-4-5-24-19/h1-10,17,19,25H,(H,26,28). The van der Waals surface area contributed by atoms with E-state index in [0.29, 0.717) is 5.57 Å². The van der Waals surface area contributed by atoms with Crippen molar-refractivity contribution in [1.29, 1.82) is 0 Å². The Morgan fingerprint density at radius 1 is 0.964 bits per heavy atom. The summed E-state index contributed by atoms with van der Waals surface area (Å²) >= 11 is 0. The van der Waals surface area contributed by atoms with E-state index in [4.69, 9.17) is 0 Å². The molecule has 2 heterocycles. The van der Waals surface area contributed by atoms with E-state index in [1.807, 2.05) is 0 Å². The van der Waals surface area contributed by atoms with Crippen LogP contribution in [0.3, 0.4) is 0 Å². The summed E-state index contributed by atoms with van der Waals surface area (Å²) in [6, 6.07) is 8.17. The molecule has 140 valence electrons. The average molecular weight is 380 g/mol. The Balaban J connectivity index is 1.57. The van der Waals surface area contributed by atoms with Crippen molar-refractivity contribution >= 4 is 29.8 Å². The van der Waals surface area contributed by atoms with Gasteiger partial charge in [0.1, 0.15) is 23.8 Å².